The molecule has 4 heteroatoms. The van der Waals surface area contributed by atoms with Gasteiger partial charge < -0.3 is 15.1 Å². The Bertz CT molecular complexity index is 610. The Morgan fingerprint density at radius 1 is 1.15 bits per heavy atom. The minimum atomic E-state index is -0.924. The zero-order valence-corrected chi connectivity index (χ0v) is 11.3. The van der Waals surface area contributed by atoms with Gasteiger partial charge in [0.25, 0.3) is 0 Å². The van der Waals surface area contributed by atoms with Gasteiger partial charge in [0, 0.05) is 24.8 Å². The Morgan fingerprint density at radius 3 is 2.55 bits per heavy atom. The lowest BCUT2D eigenvalue weighted by atomic mass is 10.1. The second kappa shape index (κ2) is 6.10. The number of carbonyl (C=O) groups is 1. The van der Waals surface area contributed by atoms with E-state index in [0.29, 0.717) is 12.1 Å². The molecule has 0 bridgehead atoms. The average molecular weight is 271 g/mol. The highest BCUT2D eigenvalue weighted by Crippen LogP contribution is 2.22. The molecule has 20 heavy (non-hydrogen) atoms. The predicted molar refractivity (Wildman–Crippen MR) is 78.2 cm³/mol. The number of phenols is 1. The first-order chi connectivity index (χ1) is 9.61. The van der Waals surface area contributed by atoms with Crippen molar-refractivity contribution < 1.29 is 15.0 Å². The summed E-state index contributed by atoms with van der Waals surface area (Å²) in [6, 6.07) is 13.9. The third-order valence-electron chi connectivity index (χ3n) is 3.19. The summed E-state index contributed by atoms with van der Waals surface area (Å²) in [5, 5.41) is 18.8. The van der Waals surface area contributed by atoms with Crippen LogP contribution in [-0.4, -0.2) is 22.7 Å². The number of phenolic OH excluding ortho intramolecular Hbond substituents is 1. The van der Waals surface area contributed by atoms with E-state index in [0.717, 1.165) is 17.8 Å². The molecule has 0 aliphatic heterocycles. The van der Waals surface area contributed by atoms with E-state index in [1.165, 1.54) is 0 Å². The number of carboxylic acid groups (broad SMARTS) is 1. The lowest BCUT2D eigenvalue weighted by molar-refractivity contribution is 0.0695. The molecule has 0 radical (unpaired) electrons. The molecule has 2 aromatic carbocycles. The van der Waals surface area contributed by atoms with Crippen LogP contribution in [-0.2, 0) is 6.54 Å². The summed E-state index contributed by atoms with van der Waals surface area (Å²) in [5.41, 5.74) is 1.93. The molecule has 2 aromatic rings. The van der Waals surface area contributed by atoms with E-state index < -0.39 is 5.97 Å². The topological polar surface area (TPSA) is 60.8 Å². The van der Waals surface area contributed by atoms with Crippen LogP contribution < -0.4 is 4.90 Å². The van der Waals surface area contributed by atoms with Crippen molar-refractivity contribution in [3.63, 3.8) is 0 Å². The van der Waals surface area contributed by atoms with Gasteiger partial charge in [-0.05, 0) is 30.7 Å². The molecule has 0 atom stereocenters. The zero-order chi connectivity index (χ0) is 14.5. The van der Waals surface area contributed by atoms with Crippen molar-refractivity contribution >= 4 is 11.7 Å². The van der Waals surface area contributed by atoms with Crippen molar-refractivity contribution in [2.24, 2.45) is 0 Å². The van der Waals surface area contributed by atoms with Gasteiger partial charge in [-0.25, -0.2) is 4.79 Å². The van der Waals surface area contributed by atoms with Crippen LogP contribution in [0.5, 0.6) is 5.75 Å². The highest BCUT2D eigenvalue weighted by atomic mass is 16.4. The van der Waals surface area contributed by atoms with Crippen LogP contribution in [0.3, 0.4) is 0 Å². The van der Waals surface area contributed by atoms with E-state index in [4.69, 9.17) is 0 Å². The van der Waals surface area contributed by atoms with Gasteiger partial charge in [-0.15, -0.1) is 0 Å². The standard InChI is InChI=1S/C16H17NO3/c1-2-17(13-7-5-8-14(18)10-13)11-12-6-3-4-9-15(12)16(19)20/h3-10,18H,2,11H2,1H3,(H,19,20). The van der Waals surface area contributed by atoms with Crippen LogP contribution >= 0.6 is 0 Å². The molecule has 0 saturated carbocycles. The number of carboxylic acids is 1. The molecule has 0 amide bonds. The van der Waals surface area contributed by atoms with Crippen LogP contribution in [0.4, 0.5) is 5.69 Å². The number of rotatable bonds is 5. The lowest BCUT2D eigenvalue weighted by Crippen LogP contribution is -2.23. The summed E-state index contributed by atoms with van der Waals surface area (Å²) in [6.07, 6.45) is 0. The molecule has 2 rings (SSSR count). The first-order valence-electron chi connectivity index (χ1n) is 6.47. The molecule has 0 aliphatic rings. The van der Waals surface area contributed by atoms with Crippen molar-refractivity contribution in [1.29, 1.82) is 0 Å². The van der Waals surface area contributed by atoms with Gasteiger partial charge in [0.05, 0.1) is 5.56 Å². The molecule has 0 heterocycles. The van der Waals surface area contributed by atoms with Crippen molar-refractivity contribution in [2.45, 2.75) is 13.5 Å². The van der Waals surface area contributed by atoms with E-state index in [2.05, 4.69) is 0 Å². The quantitative estimate of drug-likeness (QED) is 0.877. The first kappa shape index (κ1) is 13.9. The molecule has 4 nitrogen and oxygen atoms in total. The van der Waals surface area contributed by atoms with Gasteiger partial charge in [-0.2, -0.15) is 0 Å². The minimum absolute atomic E-state index is 0.201. The fourth-order valence-corrected chi connectivity index (χ4v) is 2.15. The van der Waals surface area contributed by atoms with E-state index in [-0.39, 0.29) is 5.75 Å². The Hall–Kier alpha value is -2.49. The molecule has 0 unspecified atom stereocenters. The lowest BCUT2D eigenvalue weighted by Gasteiger charge is -2.24. The third kappa shape index (κ3) is 3.09. The van der Waals surface area contributed by atoms with E-state index in [9.17, 15) is 15.0 Å². The summed E-state index contributed by atoms with van der Waals surface area (Å²) >= 11 is 0. The van der Waals surface area contributed by atoms with Crippen LogP contribution in [0, 0.1) is 0 Å². The summed E-state index contributed by atoms with van der Waals surface area (Å²) < 4.78 is 0. The highest BCUT2D eigenvalue weighted by Gasteiger charge is 2.12. The van der Waals surface area contributed by atoms with Crippen LogP contribution in [0.15, 0.2) is 48.5 Å². The number of hydrogen-bond donors (Lipinski definition) is 2. The first-order valence-corrected chi connectivity index (χ1v) is 6.47. The van der Waals surface area contributed by atoms with Crippen LogP contribution in [0.1, 0.15) is 22.8 Å². The fraction of sp³-hybridized carbons (Fsp3) is 0.188. The average Bonchev–Trinajstić information content (AvgIpc) is 2.45. The maximum Gasteiger partial charge on any atom is 0.336 e. The van der Waals surface area contributed by atoms with Gasteiger partial charge in [-0.1, -0.05) is 24.3 Å². The molecule has 0 spiro atoms. The van der Waals surface area contributed by atoms with Gasteiger partial charge in [0.15, 0.2) is 0 Å². The molecular formula is C16H17NO3. The molecule has 0 saturated heterocycles. The number of hydrogen-bond acceptors (Lipinski definition) is 3. The molecule has 2 N–H and O–H groups in total. The van der Waals surface area contributed by atoms with Crippen molar-refractivity contribution in [2.75, 3.05) is 11.4 Å². The molecular weight excluding hydrogens is 254 g/mol. The van der Waals surface area contributed by atoms with Crippen LogP contribution in [0.2, 0.25) is 0 Å². The fourth-order valence-electron chi connectivity index (χ4n) is 2.15. The number of aromatic carboxylic acids is 1. The number of anilines is 1. The van der Waals surface area contributed by atoms with Crippen molar-refractivity contribution in [3.8, 4) is 5.75 Å². The molecule has 0 aliphatic carbocycles. The number of aromatic hydroxyl groups is 1. The number of benzene rings is 2. The largest absolute Gasteiger partial charge is 0.508 e. The van der Waals surface area contributed by atoms with Gasteiger partial charge in [0.2, 0.25) is 0 Å². The monoisotopic (exact) mass is 271 g/mol. The summed E-state index contributed by atoms with van der Waals surface area (Å²) in [5.74, 6) is -0.722. The minimum Gasteiger partial charge on any atom is -0.508 e. The van der Waals surface area contributed by atoms with Crippen LogP contribution in [0.25, 0.3) is 0 Å². The second-order valence-corrected chi connectivity index (χ2v) is 4.50. The SMILES string of the molecule is CCN(Cc1ccccc1C(=O)O)c1cccc(O)c1. The van der Waals surface area contributed by atoms with Gasteiger partial charge >= 0.3 is 5.97 Å². The third-order valence-corrected chi connectivity index (χ3v) is 3.19. The second-order valence-electron chi connectivity index (χ2n) is 4.50. The molecule has 0 fully saturated rings. The highest BCUT2D eigenvalue weighted by molar-refractivity contribution is 5.89. The summed E-state index contributed by atoms with van der Waals surface area (Å²) in [7, 11) is 0. The zero-order valence-electron chi connectivity index (χ0n) is 11.3. The van der Waals surface area contributed by atoms with E-state index in [1.54, 1.807) is 30.3 Å². The van der Waals surface area contributed by atoms with Gasteiger partial charge in [-0.3, -0.25) is 0 Å². The Morgan fingerprint density at radius 2 is 1.90 bits per heavy atom. The summed E-state index contributed by atoms with van der Waals surface area (Å²) in [4.78, 5) is 13.2. The van der Waals surface area contributed by atoms with Crippen molar-refractivity contribution in [3.05, 3.63) is 59.7 Å². The maximum atomic E-state index is 11.2. The Kier molecular flexibility index (Phi) is 4.25. The number of nitrogens with zero attached hydrogens (tertiary/aromatic N) is 1. The van der Waals surface area contributed by atoms with Crippen molar-refractivity contribution in [1.82, 2.24) is 0 Å². The Balaban J connectivity index is 2.29. The normalized spacial score (nSPS) is 10.2. The summed E-state index contributed by atoms with van der Waals surface area (Å²) in [6.45, 7) is 3.20. The molecule has 0 aromatic heterocycles. The smallest absolute Gasteiger partial charge is 0.336 e. The Labute approximate surface area is 117 Å². The van der Waals surface area contributed by atoms with E-state index in [1.807, 2.05) is 30.0 Å². The van der Waals surface area contributed by atoms with E-state index >= 15 is 0 Å². The molecule has 104 valence electrons. The maximum absolute atomic E-state index is 11.2. The predicted octanol–water partition coefficient (Wildman–Crippen LogP) is 3.12. The van der Waals surface area contributed by atoms with Gasteiger partial charge in [0.1, 0.15) is 5.75 Å².